The van der Waals surface area contributed by atoms with Gasteiger partial charge >= 0.3 is 0 Å². The topological polar surface area (TPSA) is 55.3 Å². The summed E-state index contributed by atoms with van der Waals surface area (Å²) in [7, 11) is 1.61. The van der Waals surface area contributed by atoms with Crippen LogP contribution in [-0.4, -0.2) is 13.0 Å². The summed E-state index contributed by atoms with van der Waals surface area (Å²) in [5, 5.41) is 0.324. The molecule has 64 valence electrons. The van der Waals surface area contributed by atoms with Gasteiger partial charge in [0.1, 0.15) is 5.56 Å². The smallest absolute Gasteiger partial charge is 0.286 e. The Morgan fingerprint density at radius 3 is 3.00 bits per heavy atom. The second kappa shape index (κ2) is 4.04. The van der Waals surface area contributed by atoms with Gasteiger partial charge in [0.15, 0.2) is 6.20 Å². The molecule has 0 bridgehead atoms. The molecular formula is C7H9ClN3O+. The molecule has 0 saturated carbocycles. The fourth-order valence-corrected chi connectivity index (χ4v) is 0.985. The van der Waals surface area contributed by atoms with Crippen LogP contribution in [0.5, 0.6) is 0 Å². The quantitative estimate of drug-likeness (QED) is 0.506. The molecular weight excluding hydrogens is 178 g/mol. The first-order chi connectivity index (χ1) is 5.75. The van der Waals surface area contributed by atoms with Crippen LogP contribution in [0, 0.1) is 0 Å². The number of aromatic amines is 1. The average Bonchev–Trinajstić information content (AvgIpc) is 2.05. The van der Waals surface area contributed by atoms with Gasteiger partial charge in [-0.15, -0.1) is 0 Å². The molecule has 0 aliphatic carbocycles. The molecule has 1 amide bonds. The SMILES string of the molecule is CNNC(=O)c1ccc[nH+]c1Cl. The zero-order chi connectivity index (χ0) is 8.97. The molecule has 0 unspecified atom stereocenters. The van der Waals surface area contributed by atoms with E-state index in [0.717, 1.165) is 0 Å². The van der Waals surface area contributed by atoms with E-state index in [1.54, 1.807) is 25.4 Å². The highest BCUT2D eigenvalue weighted by Gasteiger charge is 2.12. The first-order valence-corrected chi connectivity index (χ1v) is 3.77. The lowest BCUT2D eigenvalue weighted by Crippen LogP contribution is -2.34. The first-order valence-electron chi connectivity index (χ1n) is 3.39. The molecule has 1 aromatic heterocycles. The van der Waals surface area contributed by atoms with E-state index in [-0.39, 0.29) is 5.91 Å². The minimum Gasteiger partial charge on any atom is -0.287 e. The number of halogens is 1. The van der Waals surface area contributed by atoms with Crippen molar-refractivity contribution >= 4 is 17.5 Å². The van der Waals surface area contributed by atoms with Crippen LogP contribution >= 0.6 is 11.6 Å². The van der Waals surface area contributed by atoms with Crippen molar-refractivity contribution in [2.75, 3.05) is 7.05 Å². The van der Waals surface area contributed by atoms with Crippen LogP contribution in [-0.2, 0) is 0 Å². The van der Waals surface area contributed by atoms with E-state index in [9.17, 15) is 4.79 Å². The number of aromatic nitrogens is 1. The van der Waals surface area contributed by atoms with Gasteiger partial charge in [0, 0.05) is 13.1 Å². The fourth-order valence-electron chi connectivity index (χ4n) is 0.773. The summed E-state index contributed by atoms with van der Waals surface area (Å²) in [5.74, 6) is -0.264. The van der Waals surface area contributed by atoms with Gasteiger partial charge in [-0.2, -0.15) is 0 Å². The summed E-state index contributed by atoms with van der Waals surface area (Å²) in [5.41, 5.74) is 5.34. The first kappa shape index (κ1) is 8.96. The highest BCUT2D eigenvalue weighted by molar-refractivity contribution is 6.31. The summed E-state index contributed by atoms with van der Waals surface area (Å²) in [4.78, 5) is 13.9. The lowest BCUT2D eigenvalue weighted by atomic mass is 10.3. The Balaban J connectivity index is 2.87. The van der Waals surface area contributed by atoms with Crippen LogP contribution in [0.3, 0.4) is 0 Å². The lowest BCUT2D eigenvalue weighted by molar-refractivity contribution is -0.375. The maximum Gasteiger partial charge on any atom is 0.286 e. The maximum atomic E-state index is 11.2. The van der Waals surface area contributed by atoms with Crippen molar-refractivity contribution in [1.82, 2.24) is 10.9 Å². The molecule has 0 fully saturated rings. The largest absolute Gasteiger partial charge is 0.287 e. The molecule has 0 aliphatic heterocycles. The van der Waals surface area contributed by atoms with E-state index >= 15 is 0 Å². The van der Waals surface area contributed by atoms with E-state index in [4.69, 9.17) is 11.6 Å². The predicted octanol–water partition coefficient (Wildman–Crippen LogP) is 0.0183. The number of carbonyl (C=O) groups is 1. The third-order valence-electron chi connectivity index (χ3n) is 1.29. The van der Waals surface area contributed by atoms with Gasteiger partial charge in [0.05, 0.1) is 0 Å². The van der Waals surface area contributed by atoms with Gasteiger partial charge in [0.2, 0.25) is 0 Å². The van der Waals surface area contributed by atoms with Gasteiger partial charge in [0.25, 0.3) is 11.1 Å². The second-order valence-electron chi connectivity index (χ2n) is 2.10. The monoisotopic (exact) mass is 186 g/mol. The molecule has 3 N–H and O–H groups in total. The molecule has 0 spiro atoms. The van der Waals surface area contributed by atoms with Crippen LogP contribution in [0.25, 0.3) is 0 Å². The van der Waals surface area contributed by atoms with Crippen LogP contribution in [0.15, 0.2) is 18.3 Å². The van der Waals surface area contributed by atoms with Crippen molar-refractivity contribution in [2.24, 2.45) is 0 Å². The molecule has 1 rings (SSSR count). The van der Waals surface area contributed by atoms with Gasteiger partial charge < -0.3 is 0 Å². The molecule has 12 heavy (non-hydrogen) atoms. The van der Waals surface area contributed by atoms with Gasteiger partial charge in [-0.1, -0.05) is 0 Å². The number of H-pyrrole nitrogens is 1. The molecule has 0 aromatic carbocycles. The van der Waals surface area contributed by atoms with Crippen LogP contribution in [0.1, 0.15) is 10.4 Å². The standard InChI is InChI=1S/C7H8ClN3O/c1-9-11-7(12)5-3-2-4-10-6(5)8/h2-4,9H,1H3,(H,11,12)/p+1. The number of hydrazine groups is 1. The third kappa shape index (κ3) is 1.93. The van der Waals surface area contributed by atoms with E-state index in [1.807, 2.05) is 0 Å². The summed E-state index contributed by atoms with van der Waals surface area (Å²) < 4.78 is 0. The second-order valence-corrected chi connectivity index (χ2v) is 2.48. The molecule has 0 aliphatic rings. The number of pyridine rings is 1. The lowest BCUT2D eigenvalue weighted by Gasteiger charge is -2.00. The van der Waals surface area contributed by atoms with Gasteiger partial charge in [-0.25, -0.2) is 10.4 Å². The number of rotatable bonds is 2. The van der Waals surface area contributed by atoms with E-state index in [0.29, 0.717) is 10.7 Å². The van der Waals surface area contributed by atoms with Crippen molar-refractivity contribution in [3.05, 3.63) is 29.0 Å². The molecule has 0 radical (unpaired) electrons. The number of hydrogen-bond donors (Lipinski definition) is 2. The van der Waals surface area contributed by atoms with E-state index in [2.05, 4.69) is 15.8 Å². The van der Waals surface area contributed by atoms with Crippen LogP contribution in [0.4, 0.5) is 0 Å². The van der Waals surface area contributed by atoms with Crippen LogP contribution in [0.2, 0.25) is 5.15 Å². The van der Waals surface area contributed by atoms with E-state index < -0.39 is 0 Å². The Hall–Kier alpha value is -1.13. The zero-order valence-corrected chi connectivity index (χ0v) is 7.27. The Morgan fingerprint density at radius 2 is 2.42 bits per heavy atom. The summed E-state index contributed by atoms with van der Waals surface area (Å²) in [6, 6.07) is 3.34. The Kier molecular flexibility index (Phi) is 3.01. The van der Waals surface area contributed by atoms with Gasteiger partial charge in [-0.3, -0.25) is 10.2 Å². The van der Waals surface area contributed by atoms with Crippen molar-refractivity contribution in [3.63, 3.8) is 0 Å². The number of hydrogen-bond acceptors (Lipinski definition) is 2. The minimum atomic E-state index is -0.264. The Labute approximate surface area is 74.9 Å². The summed E-state index contributed by atoms with van der Waals surface area (Å²) in [6.45, 7) is 0. The highest BCUT2D eigenvalue weighted by Crippen LogP contribution is 2.06. The highest BCUT2D eigenvalue weighted by atomic mass is 35.5. The zero-order valence-electron chi connectivity index (χ0n) is 6.52. The molecule has 0 atom stereocenters. The number of carbonyl (C=O) groups excluding carboxylic acids is 1. The fraction of sp³-hybridized carbons (Fsp3) is 0.143. The van der Waals surface area contributed by atoms with Crippen molar-refractivity contribution < 1.29 is 9.78 Å². The summed E-state index contributed by atoms with van der Waals surface area (Å²) in [6.07, 6.45) is 1.65. The Morgan fingerprint density at radius 1 is 1.67 bits per heavy atom. The normalized spacial score (nSPS) is 9.50. The number of amides is 1. The minimum absolute atomic E-state index is 0.264. The third-order valence-corrected chi connectivity index (χ3v) is 1.60. The average molecular weight is 187 g/mol. The van der Waals surface area contributed by atoms with Crippen molar-refractivity contribution in [2.45, 2.75) is 0 Å². The molecule has 5 heteroatoms. The molecule has 1 aromatic rings. The maximum absolute atomic E-state index is 11.2. The predicted molar refractivity (Wildman–Crippen MR) is 44.5 cm³/mol. The Bertz CT molecular complexity index is 290. The number of nitrogens with one attached hydrogen (secondary N) is 3. The molecule has 0 saturated heterocycles. The molecule has 4 nitrogen and oxygen atoms in total. The van der Waals surface area contributed by atoms with Crippen molar-refractivity contribution in [1.29, 1.82) is 0 Å². The van der Waals surface area contributed by atoms with E-state index in [1.165, 1.54) is 0 Å². The van der Waals surface area contributed by atoms with Crippen molar-refractivity contribution in [3.8, 4) is 0 Å². The van der Waals surface area contributed by atoms with Gasteiger partial charge in [-0.05, 0) is 17.7 Å². The molecule has 1 heterocycles. The summed E-state index contributed by atoms with van der Waals surface area (Å²) >= 11 is 5.71. The van der Waals surface area contributed by atoms with Crippen LogP contribution < -0.4 is 15.8 Å².